The lowest BCUT2D eigenvalue weighted by atomic mass is 10.0. The summed E-state index contributed by atoms with van der Waals surface area (Å²) in [5, 5.41) is 12.6. The van der Waals surface area contributed by atoms with Crippen LogP contribution in [0.25, 0.3) is 0 Å². The van der Waals surface area contributed by atoms with Crippen LogP contribution in [-0.2, 0) is 23.5 Å². The van der Waals surface area contributed by atoms with Crippen LogP contribution in [0.3, 0.4) is 0 Å². The Hall–Kier alpha value is -1.39. The minimum Gasteiger partial charge on any atom is -0.276 e. The molecule has 1 aliphatic rings. The Labute approximate surface area is 126 Å². The van der Waals surface area contributed by atoms with Crippen molar-refractivity contribution in [3.05, 3.63) is 18.0 Å². The van der Waals surface area contributed by atoms with E-state index in [2.05, 4.69) is 5.10 Å². The number of rotatable bonds is 7. The third-order valence-electron chi connectivity index (χ3n) is 3.87. The molecule has 2 heterocycles. The van der Waals surface area contributed by atoms with Gasteiger partial charge in [0.1, 0.15) is 0 Å². The summed E-state index contributed by atoms with van der Waals surface area (Å²) in [5.74, 6) is 0.539. The number of aryl methyl sites for hydroxylation is 1. The lowest BCUT2D eigenvalue weighted by molar-refractivity contribution is 0.454. The van der Waals surface area contributed by atoms with Crippen molar-refractivity contribution in [3.8, 4) is 6.07 Å². The molecule has 1 aliphatic heterocycles. The monoisotopic (exact) mass is 310 g/mol. The summed E-state index contributed by atoms with van der Waals surface area (Å²) in [6.07, 6.45) is 7.28. The zero-order valence-corrected chi connectivity index (χ0v) is 13.2. The van der Waals surface area contributed by atoms with E-state index in [1.165, 1.54) is 0 Å². The van der Waals surface area contributed by atoms with Crippen LogP contribution in [0.2, 0.25) is 0 Å². The molecule has 0 spiro atoms. The van der Waals surface area contributed by atoms with Gasteiger partial charge in [0.25, 0.3) is 0 Å². The Bertz CT molecular complexity index is 603. The van der Waals surface area contributed by atoms with E-state index in [4.69, 9.17) is 5.26 Å². The molecular formula is C14H22N4O2S. The first kappa shape index (κ1) is 16.0. The van der Waals surface area contributed by atoms with Crippen LogP contribution >= 0.6 is 0 Å². The maximum absolute atomic E-state index is 12.2. The van der Waals surface area contributed by atoms with Gasteiger partial charge in [-0.3, -0.25) is 4.68 Å². The number of nitriles is 1. The Morgan fingerprint density at radius 2 is 2.29 bits per heavy atom. The van der Waals surface area contributed by atoms with E-state index in [1.54, 1.807) is 8.99 Å². The van der Waals surface area contributed by atoms with Crippen LogP contribution in [0.5, 0.6) is 0 Å². The van der Waals surface area contributed by atoms with Gasteiger partial charge in [0.2, 0.25) is 10.0 Å². The van der Waals surface area contributed by atoms with Crippen molar-refractivity contribution in [1.82, 2.24) is 14.1 Å². The number of hydrogen-bond acceptors (Lipinski definition) is 4. The average Bonchev–Trinajstić information content (AvgIpc) is 3.05. The first-order valence-corrected chi connectivity index (χ1v) is 8.94. The van der Waals surface area contributed by atoms with Crippen molar-refractivity contribution in [2.24, 2.45) is 13.0 Å². The number of hydrogen-bond donors (Lipinski definition) is 0. The standard InChI is InChI=1S/C14H22N4O2S/c1-17-11-14(10-16-17)9-13-5-7-18(12-13)21(19,20)8-4-2-3-6-15/h10-11,13H,2-5,7-9,12H2,1H3. The fraction of sp³-hybridized carbons (Fsp3) is 0.714. The number of nitrogens with zero attached hydrogens (tertiary/aromatic N) is 4. The fourth-order valence-electron chi connectivity index (χ4n) is 2.74. The van der Waals surface area contributed by atoms with Crippen LogP contribution in [0, 0.1) is 17.2 Å². The molecule has 2 rings (SSSR count). The summed E-state index contributed by atoms with van der Waals surface area (Å²) in [7, 11) is -1.27. The number of unbranched alkanes of at least 4 members (excludes halogenated alkanes) is 2. The Balaban J connectivity index is 1.82. The quantitative estimate of drug-likeness (QED) is 0.711. The Morgan fingerprint density at radius 3 is 2.95 bits per heavy atom. The minimum absolute atomic E-state index is 0.161. The molecule has 7 heteroatoms. The van der Waals surface area contributed by atoms with Gasteiger partial charge in [-0.1, -0.05) is 0 Å². The van der Waals surface area contributed by atoms with Crippen molar-refractivity contribution in [3.63, 3.8) is 0 Å². The summed E-state index contributed by atoms with van der Waals surface area (Å²) >= 11 is 0. The second-order valence-electron chi connectivity index (χ2n) is 5.67. The molecule has 1 atom stereocenters. The van der Waals surface area contributed by atoms with Crippen LogP contribution < -0.4 is 0 Å². The van der Waals surface area contributed by atoms with E-state index in [0.29, 0.717) is 38.3 Å². The van der Waals surface area contributed by atoms with Crippen LogP contribution in [-0.4, -0.2) is 41.3 Å². The normalized spacial score (nSPS) is 19.7. The molecule has 116 valence electrons. The second kappa shape index (κ2) is 7.05. The molecule has 0 aromatic carbocycles. The molecule has 0 saturated carbocycles. The summed E-state index contributed by atoms with van der Waals surface area (Å²) in [6.45, 7) is 1.22. The molecule has 0 amide bonds. The molecule has 1 aromatic heterocycles. The predicted molar refractivity (Wildman–Crippen MR) is 79.8 cm³/mol. The molecule has 6 nitrogen and oxygen atoms in total. The highest BCUT2D eigenvalue weighted by atomic mass is 32.2. The third-order valence-corrected chi connectivity index (χ3v) is 5.79. The molecule has 0 radical (unpaired) electrons. The maximum Gasteiger partial charge on any atom is 0.214 e. The van der Waals surface area contributed by atoms with Crippen LogP contribution in [0.1, 0.15) is 31.2 Å². The predicted octanol–water partition coefficient (Wildman–Crippen LogP) is 1.31. The van der Waals surface area contributed by atoms with Crippen LogP contribution in [0.4, 0.5) is 0 Å². The van der Waals surface area contributed by atoms with Crippen molar-refractivity contribution in [2.45, 2.75) is 32.1 Å². The first-order chi connectivity index (χ1) is 10.0. The summed E-state index contributed by atoms with van der Waals surface area (Å²) in [5.41, 5.74) is 1.16. The lowest BCUT2D eigenvalue weighted by Crippen LogP contribution is -2.31. The molecule has 1 unspecified atom stereocenters. The highest BCUT2D eigenvalue weighted by Gasteiger charge is 2.30. The van der Waals surface area contributed by atoms with E-state index in [1.807, 2.05) is 25.5 Å². The van der Waals surface area contributed by atoms with E-state index >= 15 is 0 Å². The molecular weight excluding hydrogens is 288 g/mol. The highest BCUT2D eigenvalue weighted by Crippen LogP contribution is 2.23. The second-order valence-corrected chi connectivity index (χ2v) is 7.76. The zero-order chi connectivity index (χ0) is 15.3. The fourth-order valence-corrected chi connectivity index (χ4v) is 4.39. The van der Waals surface area contributed by atoms with Gasteiger partial charge in [0.05, 0.1) is 18.0 Å². The molecule has 0 bridgehead atoms. The third kappa shape index (κ3) is 4.55. The largest absolute Gasteiger partial charge is 0.276 e. The van der Waals surface area contributed by atoms with Crippen molar-refractivity contribution >= 4 is 10.0 Å². The van der Waals surface area contributed by atoms with E-state index in [0.717, 1.165) is 18.4 Å². The minimum atomic E-state index is -3.16. The zero-order valence-electron chi connectivity index (χ0n) is 12.4. The Kier molecular flexibility index (Phi) is 5.37. The molecule has 21 heavy (non-hydrogen) atoms. The van der Waals surface area contributed by atoms with Gasteiger partial charge in [0.15, 0.2) is 0 Å². The average molecular weight is 310 g/mol. The molecule has 1 aromatic rings. The van der Waals surface area contributed by atoms with Gasteiger partial charge in [-0.05, 0) is 37.2 Å². The summed E-state index contributed by atoms with van der Waals surface area (Å²) < 4.78 is 27.8. The summed E-state index contributed by atoms with van der Waals surface area (Å²) in [4.78, 5) is 0. The Morgan fingerprint density at radius 1 is 1.48 bits per heavy atom. The van der Waals surface area contributed by atoms with E-state index in [-0.39, 0.29) is 5.75 Å². The molecule has 0 N–H and O–H groups in total. The number of aromatic nitrogens is 2. The van der Waals surface area contributed by atoms with E-state index < -0.39 is 10.0 Å². The summed E-state index contributed by atoms with van der Waals surface area (Å²) in [6, 6.07) is 2.04. The molecule has 0 aliphatic carbocycles. The first-order valence-electron chi connectivity index (χ1n) is 7.33. The van der Waals surface area contributed by atoms with Crippen molar-refractivity contribution < 1.29 is 8.42 Å². The van der Waals surface area contributed by atoms with Crippen molar-refractivity contribution in [1.29, 1.82) is 5.26 Å². The molecule has 1 fully saturated rings. The van der Waals surface area contributed by atoms with Crippen LogP contribution in [0.15, 0.2) is 12.4 Å². The lowest BCUT2D eigenvalue weighted by Gasteiger charge is -2.16. The maximum atomic E-state index is 12.2. The van der Waals surface area contributed by atoms with Gasteiger partial charge >= 0.3 is 0 Å². The van der Waals surface area contributed by atoms with Gasteiger partial charge in [0, 0.05) is 32.8 Å². The highest BCUT2D eigenvalue weighted by molar-refractivity contribution is 7.89. The SMILES string of the molecule is Cn1cc(CC2CCN(S(=O)(=O)CCCCC#N)C2)cn1. The van der Waals surface area contributed by atoms with Gasteiger partial charge in [-0.25, -0.2) is 12.7 Å². The van der Waals surface area contributed by atoms with Gasteiger partial charge in [-0.15, -0.1) is 0 Å². The topological polar surface area (TPSA) is 79.0 Å². The van der Waals surface area contributed by atoms with Crippen molar-refractivity contribution in [2.75, 3.05) is 18.8 Å². The smallest absolute Gasteiger partial charge is 0.214 e. The van der Waals surface area contributed by atoms with E-state index in [9.17, 15) is 8.42 Å². The number of sulfonamides is 1. The molecule has 1 saturated heterocycles. The van der Waals surface area contributed by atoms with Gasteiger partial charge in [-0.2, -0.15) is 10.4 Å². The van der Waals surface area contributed by atoms with Gasteiger partial charge < -0.3 is 0 Å².